The van der Waals surface area contributed by atoms with Crippen molar-refractivity contribution >= 4 is 17.5 Å². The predicted molar refractivity (Wildman–Crippen MR) is 168 cm³/mol. The van der Waals surface area contributed by atoms with Crippen molar-refractivity contribution in [2.75, 3.05) is 24.4 Å². The Balaban J connectivity index is 1.41. The van der Waals surface area contributed by atoms with E-state index in [-0.39, 0.29) is 5.91 Å². The summed E-state index contributed by atoms with van der Waals surface area (Å²) in [4.78, 5) is 22.8. The molecular weight excluding hydrogens is 556 g/mol. The van der Waals surface area contributed by atoms with Gasteiger partial charge in [0.2, 0.25) is 5.95 Å². The van der Waals surface area contributed by atoms with Crippen LogP contribution in [-0.2, 0) is 11.4 Å². The predicted octanol–water partition coefficient (Wildman–Crippen LogP) is 6.25. The maximum atomic E-state index is 13.9. The molecule has 0 spiro atoms. The number of allylic oxidation sites excluding steroid dienone is 1. The normalized spacial score (nSPS) is 13.9. The minimum atomic E-state index is -0.621. The van der Waals surface area contributed by atoms with Crippen molar-refractivity contribution in [3.8, 4) is 28.6 Å². The van der Waals surface area contributed by atoms with Gasteiger partial charge in [-0.25, -0.2) is 4.68 Å². The van der Waals surface area contributed by atoms with E-state index in [1.165, 1.54) is 0 Å². The molecule has 0 saturated carbocycles. The number of hydrogen-bond donors (Lipinski definition) is 2. The number of carbonyl (C=O) groups excluding carboxylic acids is 1. The summed E-state index contributed by atoms with van der Waals surface area (Å²) >= 11 is 0. The molecule has 44 heavy (non-hydrogen) atoms. The van der Waals surface area contributed by atoms with Crippen LogP contribution in [0.15, 0.2) is 109 Å². The Hall–Kier alpha value is -5.64. The number of rotatable bonds is 10. The Morgan fingerprint density at radius 2 is 1.80 bits per heavy atom. The number of fused-ring (bicyclic) bond motifs is 1. The molecule has 222 valence electrons. The van der Waals surface area contributed by atoms with Crippen LogP contribution in [0.25, 0.3) is 11.4 Å². The first-order chi connectivity index (χ1) is 21.5. The monoisotopic (exact) mass is 588 g/mol. The fourth-order valence-corrected chi connectivity index (χ4v) is 5.07. The summed E-state index contributed by atoms with van der Waals surface area (Å²) in [5.74, 6) is 2.64. The van der Waals surface area contributed by atoms with Gasteiger partial charge in [-0.2, -0.15) is 4.98 Å². The molecule has 0 radical (unpaired) electrons. The molecule has 6 rings (SSSR count). The minimum Gasteiger partial charge on any atom is -0.497 e. The third kappa shape index (κ3) is 5.96. The maximum absolute atomic E-state index is 13.9. The molecule has 2 aromatic heterocycles. The number of anilines is 2. The quantitative estimate of drug-likeness (QED) is 0.197. The molecule has 3 heterocycles. The third-order valence-electron chi connectivity index (χ3n) is 7.19. The molecule has 10 nitrogen and oxygen atoms in total. The van der Waals surface area contributed by atoms with E-state index >= 15 is 0 Å². The second kappa shape index (κ2) is 12.7. The molecule has 0 saturated heterocycles. The van der Waals surface area contributed by atoms with Crippen LogP contribution < -0.4 is 24.8 Å². The van der Waals surface area contributed by atoms with E-state index in [0.29, 0.717) is 53.4 Å². The summed E-state index contributed by atoms with van der Waals surface area (Å²) in [6.07, 6.45) is 3.26. The number of nitrogens with zero attached hydrogens (tertiary/aromatic N) is 4. The molecule has 3 aromatic carbocycles. The van der Waals surface area contributed by atoms with Crippen LogP contribution in [0.2, 0.25) is 0 Å². The molecule has 0 bridgehead atoms. The number of pyridine rings is 1. The first-order valence-corrected chi connectivity index (χ1v) is 14.3. The number of nitrogens with one attached hydrogen (secondary N) is 2. The van der Waals surface area contributed by atoms with Gasteiger partial charge < -0.3 is 24.8 Å². The average Bonchev–Trinajstić information content (AvgIpc) is 3.48. The molecule has 1 aliphatic rings. The Morgan fingerprint density at radius 3 is 2.52 bits per heavy atom. The van der Waals surface area contributed by atoms with E-state index in [1.807, 2.05) is 86.6 Å². The first kappa shape index (κ1) is 28.5. The van der Waals surface area contributed by atoms with Crippen molar-refractivity contribution in [3.05, 3.63) is 120 Å². The van der Waals surface area contributed by atoms with Gasteiger partial charge in [-0.15, -0.1) is 5.10 Å². The summed E-state index contributed by atoms with van der Waals surface area (Å²) in [5, 5.41) is 11.2. The summed E-state index contributed by atoms with van der Waals surface area (Å²) in [6, 6.07) is 26.1. The lowest BCUT2D eigenvalue weighted by Gasteiger charge is -2.29. The Labute approximate surface area is 255 Å². The van der Waals surface area contributed by atoms with E-state index in [9.17, 15) is 4.79 Å². The standard InChI is InChI=1S/C34H32N6O4/c1-4-43-29-19-25(14-17-28(29)44-21-23-9-6-5-7-10-23)31-30(33(41)37-26-11-8-18-35-20-26)22(2)36-34-38-32(39-40(31)34)24-12-15-27(42-3)16-13-24/h5-20,31H,4,21H2,1-3H3,(H,37,41)(H,36,38,39). The van der Waals surface area contributed by atoms with Crippen molar-refractivity contribution < 1.29 is 19.0 Å². The lowest BCUT2D eigenvalue weighted by atomic mass is 9.94. The van der Waals surface area contributed by atoms with Gasteiger partial charge in [0.15, 0.2) is 17.3 Å². The zero-order chi connectivity index (χ0) is 30.5. The van der Waals surface area contributed by atoms with Gasteiger partial charge in [0.25, 0.3) is 5.91 Å². The number of carbonyl (C=O) groups is 1. The SMILES string of the molecule is CCOc1cc(C2C(C(=O)Nc3cccnc3)=C(C)Nc3nc(-c4ccc(OC)cc4)nn32)ccc1OCc1ccccc1. The number of amides is 1. The molecule has 5 aromatic rings. The van der Waals surface area contributed by atoms with Crippen molar-refractivity contribution in [3.63, 3.8) is 0 Å². The van der Waals surface area contributed by atoms with Crippen LogP contribution in [0.5, 0.6) is 17.2 Å². The Bertz CT molecular complexity index is 1790. The molecule has 10 heteroatoms. The lowest BCUT2D eigenvalue weighted by Crippen LogP contribution is -2.31. The van der Waals surface area contributed by atoms with Crippen LogP contribution in [0.1, 0.15) is 31.0 Å². The first-order valence-electron chi connectivity index (χ1n) is 14.3. The largest absolute Gasteiger partial charge is 0.497 e. The Kier molecular flexibility index (Phi) is 8.22. The highest BCUT2D eigenvalue weighted by atomic mass is 16.5. The van der Waals surface area contributed by atoms with Gasteiger partial charge in [-0.1, -0.05) is 36.4 Å². The van der Waals surface area contributed by atoms with Gasteiger partial charge in [-0.05, 0) is 73.5 Å². The maximum Gasteiger partial charge on any atom is 0.255 e. The fraction of sp³-hybridized carbons (Fsp3) is 0.176. The number of hydrogen-bond acceptors (Lipinski definition) is 8. The third-order valence-corrected chi connectivity index (χ3v) is 7.19. The van der Waals surface area contributed by atoms with E-state index in [2.05, 4.69) is 15.6 Å². The van der Waals surface area contributed by atoms with Crippen molar-refractivity contribution in [2.45, 2.75) is 26.5 Å². The smallest absolute Gasteiger partial charge is 0.255 e. The summed E-state index contributed by atoms with van der Waals surface area (Å²) < 4.78 is 19.2. The second-order valence-corrected chi connectivity index (χ2v) is 10.1. The molecule has 1 amide bonds. The zero-order valence-electron chi connectivity index (χ0n) is 24.7. The fourth-order valence-electron chi connectivity index (χ4n) is 5.07. The van der Waals surface area contributed by atoms with Gasteiger partial charge >= 0.3 is 0 Å². The number of aromatic nitrogens is 4. The summed E-state index contributed by atoms with van der Waals surface area (Å²) in [5.41, 5.74) is 4.35. The highest BCUT2D eigenvalue weighted by Gasteiger charge is 2.35. The van der Waals surface area contributed by atoms with E-state index in [4.69, 9.17) is 24.3 Å². The van der Waals surface area contributed by atoms with Crippen molar-refractivity contribution in [1.29, 1.82) is 0 Å². The number of benzene rings is 3. The summed E-state index contributed by atoms with van der Waals surface area (Å²) in [6.45, 7) is 4.61. The summed E-state index contributed by atoms with van der Waals surface area (Å²) in [7, 11) is 1.62. The van der Waals surface area contributed by atoms with Crippen molar-refractivity contribution in [2.24, 2.45) is 0 Å². The molecule has 2 N–H and O–H groups in total. The average molecular weight is 589 g/mol. The highest BCUT2D eigenvalue weighted by molar-refractivity contribution is 6.06. The Morgan fingerprint density at radius 1 is 0.977 bits per heavy atom. The van der Waals surface area contributed by atoms with Crippen LogP contribution in [0.3, 0.4) is 0 Å². The van der Waals surface area contributed by atoms with Gasteiger partial charge in [-0.3, -0.25) is 9.78 Å². The van der Waals surface area contributed by atoms with E-state index < -0.39 is 6.04 Å². The van der Waals surface area contributed by atoms with Gasteiger partial charge in [0.1, 0.15) is 18.4 Å². The molecular formula is C34H32N6O4. The van der Waals surface area contributed by atoms with E-state index in [0.717, 1.165) is 22.4 Å². The van der Waals surface area contributed by atoms with Crippen LogP contribution in [0, 0.1) is 0 Å². The highest BCUT2D eigenvalue weighted by Crippen LogP contribution is 2.40. The van der Waals surface area contributed by atoms with Gasteiger partial charge in [0.05, 0.1) is 31.2 Å². The van der Waals surface area contributed by atoms with E-state index in [1.54, 1.807) is 36.3 Å². The molecule has 0 aliphatic carbocycles. The molecule has 1 unspecified atom stereocenters. The molecule has 1 aliphatic heterocycles. The molecule has 0 fully saturated rings. The van der Waals surface area contributed by atoms with Crippen molar-refractivity contribution in [1.82, 2.24) is 19.7 Å². The van der Waals surface area contributed by atoms with Crippen LogP contribution >= 0.6 is 0 Å². The second-order valence-electron chi connectivity index (χ2n) is 10.1. The number of ether oxygens (including phenoxy) is 3. The lowest BCUT2D eigenvalue weighted by molar-refractivity contribution is -0.113. The topological polar surface area (TPSA) is 112 Å². The minimum absolute atomic E-state index is 0.289. The van der Waals surface area contributed by atoms with Crippen LogP contribution in [0.4, 0.5) is 11.6 Å². The zero-order valence-corrected chi connectivity index (χ0v) is 24.7. The number of methoxy groups -OCH3 is 1. The molecule has 1 atom stereocenters. The van der Waals surface area contributed by atoms with Crippen LogP contribution in [-0.4, -0.2) is 39.4 Å². The van der Waals surface area contributed by atoms with Gasteiger partial charge in [0, 0.05) is 17.5 Å².